The normalized spacial score (nSPS) is 15.9. The predicted molar refractivity (Wildman–Crippen MR) is 60.8 cm³/mol. The molecule has 6 heteroatoms. The van der Waals surface area contributed by atoms with E-state index in [9.17, 15) is 9.59 Å². The number of rotatable bonds is 1. The maximum atomic E-state index is 11.5. The molecule has 17 heavy (non-hydrogen) atoms. The summed E-state index contributed by atoms with van der Waals surface area (Å²) in [7, 11) is 1.22. The highest BCUT2D eigenvalue weighted by Crippen LogP contribution is 2.32. The Morgan fingerprint density at radius 3 is 3.00 bits per heavy atom. The minimum atomic E-state index is -0.648. The third kappa shape index (κ3) is 2.39. The SMILES string of the molecule is COC(=O)/C=C1/Nc2cc(Cl)ccc2OC1=O. The number of hydrogen-bond acceptors (Lipinski definition) is 5. The average molecular weight is 254 g/mol. The maximum absolute atomic E-state index is 11.5. The van der Waals surface area contributed by atoms with Gasteiger partial charge in [-0.1, -0.05) is 11.6 Å². The van der Waals surface area contributed by atoms with E-state index in [1.807, 2.05) is 0 Å². The van der Waals surface area contributed by atoms with E-state index >= 15 is 0 Å². The van der Waals surface area contributed by atoms with E-state index in [4.69, 9.17) is 16.3 Å². The average Bonchev–Trinajstić information content (AvgIpc) is 2.30. The van der Waals surface area contributed by atoms with Crippen LogP contribution in [0.4, 0.5) is 5.69 Å². The van der Waals surface area contributed by atoms with Crippen molar-refractivity contribution in [2.75, 3.05) is 12.4 Å². The summed E-state index contributed by atoms with van der Waals surface area (Å²) in [5.41, 5.74) is 0.527. The van der Waals surface area contributed by atoms with Gasteiger partial charge in [-0.2, -0.15) is 0 Å². The summed E-state index contributed by atoms with van der Waals surface area (Å²) in [5, 5.41) is 3.25. The van der Waals surface area contributed by atoms with Crippen LogP contribution in [0.2, 0.25) is 5.02 Å². The first-order valence-corrected chi connectivity index (χ1v) is 5.06. The maximum Gasteiger partial charge on any atom is 0.360 e. The molecule has 1 heterocycles. The lowest BCUT2D eigenvalue weighted by atomic mass is 10.2. The van der Waals surface area contributed by atoms with E-state index in [-0.39, 0.29) is 5.70 Å². The fourth-order valence-electron chi connectivity index (χ4n) is 1.31. The number of anilines is 1. The van der Waals surface area contributed by atoms with Gasteiger partial charge in [0, 0.05) is 5.02 Å². The smallest absolute Gasteiger partial charge is 0.360 e. The van der Waals surface area contributed by atoms with Crippen molar-refractivity contribution in [3.8, 4) is 5.75 Å². The molecule has 1 aromatic carbocycles. The third-order valence-corrected chi connectivity index (χ3v) is 2.33. The quantitative estimate of drug-likeness (QED) is 0.469. The van der Waals surface area contributed by atoms with Crippen molar-refractivity contribution in [1.29, 1.82) is 0 Å². The van der Waals surface area contributed by atoms with Crippen LogP contribution < -0.4 is 10.1 Å². The van der Waals surface area contributed by atoms with E-state index in [1.165, 1.54) is 7.11 Å². The number of benzene rings is 1. The molecule has 1 aromatic rings. The van der Waals surface area contributed by atoms with Gasteiger partial charge in [-0.15, -0.1) is 0 Å². The lowest BCUT2D eigenvalue weighted by molar-refractivity contribution is -0.136. The summed E-state index contributed by atoms with van der Waals surface area (Å²) < 4.78 is 9.43. The molecule has 0 saturated heterocycles. The molecule has 2 rings (SSSR count). The van der Waals surface area contributed by atoms with Crippen LogP contribution >= 0.6 is 11.6 Å². The summed E-state index contributed by atoms with van der Waals surface area (Å²) in [4.78, 5) is 22.5. The monoisotopic (exact) mass is 253 g/mol. The molecule has 0 atom stereocenters. The first-order valence-electron chi connectivity index (χ1n) is 4.68. The molecule has 0 spiro atoms. The molecule has 0 radical (unpaired) electrons. The number of carbonyl (C=O) groups excluding carboxylic acids is 2. The van der Waals surface area contributed by atoms with Crippen LogP contribution in [-0.4, -0.2) is 19.0 Å². The summed E-state index contributed by atoms with van der Waals surface area (Å²) in [6.45, 7) is 0. The second-order valence-corrected chi connectivity index (χ2v) is 3.67. The Kier molecular flexibility index (Phi) is 3.01. The topological polar surface area (TPSA) is 64.6 Å². The molecule has 0 aliphatic carbocycles. The minimum absolute atomic E-state index is 0.00613. The van der Waals surface area contributed by atoms with Crippen molar-refractivity contribution >= 4 is 29.2 Å². The molecular formula is C11H8ClNO4. The zero-order chi connectivity index (χ0) is 12.4. The van der Waals surface area contributed by atoms with Crippen LogP contribution in [0.15, 0.2) is 30.0 Å². The van der Waals surface area contributed by atoms with Gasteiger partial charge < -0.3 is 14.8 Å². The van der Waals surface area contributed by atoms with Gasteiger partial charge in [0.05, 0.1) is 18.9 Å². The Morgan fingerprint density at radius 1 is 1.53 bits per heavy atom. The van der Waals surface area contributed by atoms with E-state index < -0.39 is 11.9 Å². The fraction of sp³-hybridized carbons (Fsp3) is 0.0909. The van der Waals surface area contributed by atoms with Gasteiger partial charge in [-0.05, 0) is 18.2 Å². The first-order chi connectivity index (χ1) is 8.10. The van der Waals surface area contributed by atoms with E-state index in [0.29, 0.717) is 16.5 Å². The van der Waals surface area contributed by atoms with Crippen LogP contribution in [0, 0.1) is 0 Å². The van der Waals surface area contributed by atoms with Crippen molar-refractivity contribution in [2.45, 2.75) is 0 Å². The van der Waals surface area contributed by atoms with Gasteiger partial charge in [-0.3, -0.25) is 0 Å². The van der Waals surface area contributed by atoms with E-state index in [1.54, 1.807) is 18.2 Å². The number of fused-ring (bicyclic) bond motifs is 1. The molecular weight excluding hydrogens is 246 g/mol. The molecule has 0 saturated carbocycles. The molecule has 0 amide bonds. The van der Waals surface area contributed by atoms with E-state index in [2.05, 4.69) is 10.1 Å². The second kappa shape index (κ2) is 4.47. The van der Waals surface area contributed by atoms with Gasteiger partial charge in [0.25, 0.3) is 0 Å². The Morgan fingerprint density at radius 2 is 2.29 bits per heavy atom. The highest BCUT2D eigenvalue weighted by Gasteiger charge is 2.23. The largest absolute Gasteiger partial charge is 0.466 e. The Labute approximate surface area is 102 Å². The lowest BCUT2D eigenvalue weighted by Crippen LogP contribution is -2.24. The second-order valence-electron chi connectivity index (χ2n) is 3.24. The minimum Gasteiger partial charge on any atom is -0.466 e. The highest BCUT2D eigenvalue weighted by atomic mass is 35.5. The van der Waals surface area contributed by atoms with Gasteiger partial charge in [0.1, 0.15) is 5.70 Å². The van der Waals surface area contributed by atoms with Crippen LogP contribution in [0.1, 0.15) is 0 Å². The first kappa shape index (κ1) is 11.5. The van der Waals surface area contributed by atoms with Gasteiger partial charge in [-0.25, -0.2) is 9.59 Å². The summed E-state index contributed by atoms with van der Waals surface area (Å²) in [6.07, 6.45) is 1.02. The fourth-order valence-corrected chi connectivity index (χ4v) is 1.48. The van der Waals surface area contributed by atoms with Crippen LogP contribution in [0.5, 0.6) is 5.75 Å². The van der Waals surface area contributed by atoms with Gasteiger partial charge >= 0.3 is 11.9 Å². The third-order valence-electron chi connectivity index (χ3n) is 2.10. The van der Waals surface area contributed by atoms with Crippen molar-refractivity contribution in [3.63, 3.8) is 0 Å². The van der Waals surface area contributed by atoms with Crippen molar-refractivity contribution < 1.29 is 19.1 Å². The molecule has 1 aliphatic heterocycles. The number of halogens is 1. The van der Waals surface area contributed by atoms with Gasteiger partial charge in [0.2, 0.25) is 0 Å². The highest BCUT2D eigenvalue weighted by molar-refractivity contribution is 6.31. The number of methoxy groups -OCH3 is 1. The Hall–Kier alpha value is -2.01. The van der Waals surface area contributed by atoms with Crippen molar-refractivity contribution in [1.82, 2.24) is 0 Å². The zero-order valence-corrected chi connectivity index (χ0v) is 9.58. The standard InChI is InChI=1S/C11H8ClNO4/c1-16-10(14)5-8-11(15)17-9-3-2-6(12)4-7(9)13-8/h2-5,13H,1H3/b8-5+. The van der Waals surface area contributed by atoms with Crippen LogP contribution in [0.3, 0.4) is 0 Å². The molecule has 88 valence electrons. The molecule has 0 unspecified atom stereocenters. The molecule has 0 aromatic heterocycles. The predicted octanol–water partition coefficient (Wildman–Crippen LogP) is 1.73. The van der Waals surface area contributed by atoms with E-state index in [0.717, 1.165) is 6.08 Å². The number of ether oxygens (including phenoxy) is 2. The number of nitrogens with one attached hydrogen (secondary N) is 1. The zero-order valence-electron chi connectivity index (χ0n) is 8.82. The number of esters is 2. The van der Waals surface area contributed by atoms with Crippen LogP contribution in [-0.2, 0) is 14.3 Å². The summed E-state index contributed by atoms with van der Waals surface area (Å²) in [6, 6.07) is 4.76. The van der Waals surface area contributed by atoms with Gasteiger partial charge in [0.15, 0.2) is 5.75 Å². The molecule has 5 nitrogen and oxygen atoms in total. The molecule has 0 fully saturated rings. The van der Waals surface area contributed by atoms with Crippen LogP contribution in [0.25, 0.3) is 0 Å². The van der Waals surface area contributed by atoms with Crippen molar-refractivity contribution in [2.24, 2.45) is 0 Å². The summed E-state index contributed by atoms with van der Waals surface area (Å²) in [5.74, 6) is -0.929. The molecule has 0 bridgehead atoms. The Balaban J connectivity index is 2.35. The number of carbonyl (C=O) groups is 2. The van der Waals surface area contributed by atoms with Crippen molar-refractivity contribution in [3.05, 3.63) is 35.0 Å². The lowest BCUT2D eigenvalue weighted by Gasteiger charge is -2.19. The Bertz CT molecular complexity index is 524. The number of hydrogen-bond donors (Lipinski definition) is 1. The summed E-state index contributed by atoms with van der Waals surface area (Å²) >= 11 is 5.80. The molecule has 1 N–H and O–H groups in total. The molecule has 1 aliphatic rings.